The maximum absolute atomic E-state index is 11.9. The van der Waals surface area contributed by atoms with Gasteiger partial charge in [-0.05, 0) is 37.8 Å². The third kappa shape index (κ3) is 3.97. The summed E-state index contributed by atoms with van der Waals surface area (Å²) in [5.74, 6) is -0.0565. The van der Waals surface area contributed by atoms with Crippen LogP contribution in [0.1, 0.15) is 18.4 Å². The van der Waals surface area contributed by atoms with E-state index in [1.165, 1.54) is 12.1 Å². The predicted molar refractivity (Wildman–Crippen MR) is 67.9 cm³/mol. The molecule has 1 aromatic rings. The summed E-state index contributed by atoms with van der Waals surface area (Å²) in [6.45, 7) is -0.924. The third-order valence-corrected chi connectivity index (χ3v) is 4.55. The molecule has 1 fully saturated rings. The van der Waals surface area contributed by atoms with E-state index in [4.69, 9.17) is 4.18 Å². The van der Waals surface area contributed by atoms with Crippen LogP contribution in [0.2, 0.25) is 0 Å². The average molecular weight is 306 g/mol. The highest BCUT2D eigenvalue weighted by molar-refractivity contribution is 7.86. The normalized spacial score (nSPS) is 22.8. The van der Waals surface area contributed by atoms with Gasteiger partial charge in [0.1, 0.15) is 0 Å². The molecule has 0 N–H and O–H groups in total. The van der Waals surface area contributed by atoms with E-state index in [0.717, 1.165) is 5.56 Å². The molecule has 0 heterocycles. The highest BCUT2D eigenvalue weighted by Crippen LogP contribution is 2.32. The second-order valence-electron chi connectivity index (χ2n) is 4.91. The van der Waals surface area contributed by atoms with Crippen molar-refractivity contribution in [2.24, 2.45) is 5.92 Å². The van der Waals surface area contributed by atoms with E-state index in [2.05, 4.69) is 4.74 Å². The molecule has 1 aromatic carbocycles. The molecule has 0 atom stereocenters. The lowest BCUT2D eigenvalue weighted by molar-refractivity contribution is -0.192. The van der Waals surface area contributed by atoms with Crippen molar-refractivity contribution in [3.63, 3.8) is 0 Å². The van der Waals surface area contributed by atoms with E-state index < -0.39 is 22.8 Å². The van der Waals surface area contributed by atoms with Gasteiger partial charge < -0.3 is 4.74 Å². The van der Waals surface area contributed by atoms with E-state index in [0.29, 0.717) is 12.8 Å². The highest BCUT2D eigenvalue weighted by Gasteiger charge is 2.33. The second kappa shape index (κ2) is 6.15. The summed E-state index contributed by atoms with van der Waals surface area (Å²) >= 11 is 0. The molecule has 1 saturated carbocycles. The molecule has 0 unspecified atom stereocenters. The van der Waals surface area contributed by atoms with Crippen LogP contribution in [-0.2, 0) is 19.0 Å². The van der Waals surface area contributed by atoms with Crippen LogP contribution in [0.4, 0.5) is 8.78 Å². The number of alkyl halides is 2. The van der Waals surface area contributed by atoms with Crippen LogP contribution in [0.3, 0.4) is 0 Å². The van der Waals surface area contributed by atoms with Crippen LogP contribution in [-0.4, -0.2) is 27.7 Å². The summed E-state index contributed by atoms with van der Waals surface area (Å²) in [6.07, 6.45) is 0.298. The summed E-state index contributed by atoms with van der Waals surface area (Å²) in [7, 11) is -3.78. The Labute approximate surface area is 116 Å². The van der Waals surface area contributed by atoms with Crippen molar-refractivity contribution in [3.05, 3.63) is 29.8 Å². The zero-order valence-corrected chi connectivity index (χ0v) is 11.8. The van der Waals surface area contributed by atoms with Crippen molar-refractivity contribution in [2.75, 3.05) is 6.61 Å². The van der Waals surface area contributed by atoms with Gasteiger partial charge in [0.25, 0.3) is 10.1 Å². The lowest BCUT2D eigenvalue weighted by Crippen LogP contribution is -2.35. The van der Waals surface area contributed by atoms with Gasteiger partial charge in [0.2, 0.25) is 0 Å². The van der Waals surface area contributed by atoms with Crippen molar-refractivity contribution >= 4 is 10.1 Å². The number of aryl methyl sites for hydroxylation is 1. The molecule has 0 spiro atoms. The summed E-state index contributed by atoms with van der Waals surface area (Å²) in [5.41, 5.74) is 0.954. The first-order chi connectivity index (χ1) is 9.37. The Morgan fingerprint density at radius 3 is 2.40 bits per heavy atom. The molecule has 0 aromatic heterocycles. The Balaban J connectivity index is 1.81. The van der Waals surface area contributed by atoms with Crippen LogP contribution < -0.4 is 0 Å². The summed E-state index contributed by atoms with van der Waals surface area (Å²) in [5, 5.41) is 0. The van der Waals surface area contributed by atoms with Crippen LogP contribution >= 0.6 is 0 Å². The fraction of sp³-hybridized carbons (Fsp3) is 0.538. The zero-order valence-electron chi connectivity index (χ0n) is 11.0. The largest absolute Gasteiger partial charge is 0.345 e. The molecule has 112 valence electrons. The minimum atomic E-state index is -3.78. The molecular formula is C13H16F2O4S. The van der Waals surface area contributed by atoms with Crippen molar-refractivity contribution < 1.29 is 26.1 Å². The summed E-state index contributed by atoms with van der Waals surface area (Å²) in [6, 6.07) is 6.33. The molecule has 2 rings (SSSR count). The molecule has 7 heteroatoms. The van der Waals surface area contributed by atoms with Crippen LogP contribution in [0.5, 0.6) is 0 Å². The number of hydrogen-bond donors (Lipinski definition) is 0. The van der Waals surface area contributed by atoms with Gasteiger partial charge in [-0.25, -0.2) is 0 Å². The lowest BCUT2D eigenvalue weighted by Gasteiger charge is -2.34. The fourth-order valence-corrected chi connectivity index (χ4v) is 3.00. The van der Waals surface area contributed by atoms with Gasteiger partial charge >= 0.3 is 6.61 Å². The molecule has 0 radical (unpaired) electrons. The van der Waals surface area contributed by atoms with Crippen molar-refractivity contribution in [2.45, 2.75) is 37.4 Å². The molecule has 20 heavy (non-hydrogen) atoms. The molecule has 0 aliphatic heterocycles. The monoisotopic (exact) mass is 306 g/mol. The Bertz CT molecular complexity index is 536. The van der Waals surface area contributed by atoms with Crippen molar-refractivity contribution in [1.82, 2.24) is 0 Å². The van der Waals surface area contributed by atoms with Gasteiger partial charge in [-0.15, -0.1) is 0 Å². The SMILES string of the molecule is Cc1ccc(S(=O)(=O)OCC2CC(OC(F)F)C2)cc1. The van der Waals surface area contributed by atoms with Gasteiger partial charge in [0.05, 0.1) is 17.6 Å². The van der Waals surface area contributed by atoms with Crippen LogP contribution in [0, 0.1) is 12.8 Å². The third-order valence-electron chi connectivity index (χ3n) is 3.26. The van der Waals surface area contributed by atoms with Gasteiger partial charge in [-0.2, -0.15) is 17.2 Å². The maximum Gasteiger partial charge on any atom is 0.345 e. The zero-order chi connectivity index (χ0) is 14.8. The van der Waals surface area contributed by atoms with Gasteiger partial charge in [0, 0.05) is 0 Å². The van der Waals surface area contributed by atoms with Gasteiger partial charge in [0.15, 0.2) is 0 Å². The smallest absolute Gasteiger partial charge is 0.320 e. The number of halogens is 2. The first-order valence-corrected chi connectivity index (χ1v) is 7.67. The van der Waals surface area contributed by atoms with Gasteiger partial charge in [-0.1, -0.05) is 17.7 Å². The van der Waals surface area contributed by atoms with Gasteiger partial charge in [-0.3, -0.25) is 4.18 Å². The molecule has 1 aliphatic carbocycles. The van der Waals surface area contributed by atoms with Crippen molar-refractivity contribution in [1.29, 1.82) is 0 Å². The Morgan fingerprint density at radius 1 is 1.25 bits per heavy atom. The summed E-state index contributed by atoms with van der Waals surface area (Å²) < 4.78 is 56.8. The Kier molecular flexibility index (Phi) is 4.72. The van der Waals surface area contributed by atoms with E-state index >= 15 is 0 Å². The minimum Gasteiger partial charge on any atom is -0.320 e. The van der Waals surface area contributed by atoms with E-state index in [-0.39, 0.29) is 17.4 Å². The molecule has 1 aliphatic rings. The maximum atomic E-state index is 11.9. The Hall–Kier alpha value is -1.05. The van der Waals surface area contributed by atoms with Crippen LogP contribution in [0.25, 0.3) is 0 Å². The topological polar surface area (TPSA) is 52.6 Å². The van der Waals surface area contributed by atoms with E-state index in [1.54, 1.807) is 12.1 Å². The minimum absolute atomic E-state index is 0.000687. The quantitative estimate of drug-likeness (QED) is 0.758. The first-order valence-electron chi connectivity index (χ1n) is 6.26. The second-order valence-corrected chi connectivity index (χ2v) is 6.52. The first kappa shape index (κ1) is 15.3. The number of ether oxygens (including phenoxy) is 1. The summed E-state index contributed by atoms with van der Waals surface area (Å²) in [4.78, 5) is 0.0998. The van der Waals surface area contributed by atoms with E-state index in [1.807, 2.05) is 6.92 Å². The molecule has 0 saturated heterocycles. The predicted octanol–water partition coefficient (Wildman–Crippen LogP) is 2.72. The average Bonchev–Trinajstić information content (AvgIpc) is 2.32. The highest BCUT2D eigenvalue weighted by atomic mass is 32.2. The van der Waals surface area contributed by atoms with E-state index in [9.17, 15) is 17.2 Å². The molecular weight excluding hydrogens is 290 g/mol. The lowest BCUT2D eigenvalue weighted by atomic mass is 9.83. The molecule has 4 nitrogen and oxygen atoms in total. The molecule has 0 amide bonds. The Morgan fingerprint density at radius 2 is 1.85 bits per heavy atom. The number of rotatable bonds is 6. The standard InChI is InChI=1S/C13H16F2O4S/c1-9-2-4-12(5-3-9)20(16,17)18-8-10-6-11(7-10)19-13(14)15/h2-5,10-11,13H,6-8H2,1H3. The number of hydrogen-bond acceptors (Lipinski definition) is 4. The fourth-order valence-electron chi connectivity index (χ4n) is 2.03. The molecule has 0 bridgehead atoms. The number of benzene rings is 1. The van der Waals surface area contributed by atoms with Crippen LogP contribution in [0.15, 0.2) is 29.2 Å². The van der Waals surface area contributed by atoms with Crippen molar-refractivity contribution in [3.8, 4) is 0 Å².